The zero-order chi connectivity index (χ0) is 16.7. The Morgan fingerprint density at radius 2 is 1.96 bits per heavy atom. The van der Waals surface area contributed by atoms with E-state index in [2.05, 4.69) is 41.0 Å². The number of hydrogen-bond donors (Lipinski definition) is 0. The fraction of sp³-hybridized carbons (Fsp3) is 0.632. The van der Waals surface area contributed by atoms with Crippen molar-refractivity contribution in [2.75, 3.05) is 52.9 Å². The third kappa shape index (κ3) is 4.54. The molecule has 2 fully saturated rings. The molecule has 23 heavy (non-hydrogen) atoms. The van der Waals surface area contributed by atoms with Crippen LogP contribution in [0.3, 0.4) is 0 Å². The maximum atomic E-state index is 9.78. The number of nitrogens with zero attached hydrogens (tertiary/aromatic N) is 4. The highest BCUT2D eigenvalue weighted by molar-refractivity contribution is 5.21. The normalized spacial score (nSPS) is 28.3. The van der Waals surface area contributed by atoms with Gasteiger partial charge in [0.2, 0.25) is 0 Å². The topological polar surface area (TPSA) is 33.5 Å². The van der Waals surface area contributed by atoms with Crippen LogP contribution in [-0.4, -0.2) is 73.1 Å². The molecule has 2 heterocycles. The van der Waals surface area contributed by atoms with E-state index in [1.807, 2.05) is 18.2 Å². The average molecular weight is 314 g/mol. The highest BCUT2D eigenvalue weighted by Crippen LogP contribution is 2.27. The Bertz CT molecular complexity index is 482. The first-order valence-electron chi connectivity index (χ1n) is 8.65. The number of rotatable bonds is 6. The summed E-state index contributed by atoms with van der Waals surface area (Å²) in [6.45, 7) is 14.7. The molecule has 0 aromatic carbocycles. The Morgan fingerprint density at radius 1 is 1.22 bits per heavy atom. The van der Waals surface area contributed by atoms with Gasteiger partial charge in [0.15, 0.2) is 0 Å². The molecule has 0 amide bonds. The van der Waals surface area contributed by atoms with Crippen molar-refractivity contribution in [2.45, 2.75) is 24.8 Å². The van der Waals surface area contributed by atoms with Crippen LogP contribution >= 0.6 is 0 Å². The Labute approximate surface area is 141 Å². The van der Waals surface area contributed by atoms with E-state index in [1.165, 1.54) is 5.57 Å². The Balaban J connectivity index is 1.86. The van der Waals surface area contributed by atoms with Gasteiger partial charge in [-0.25, -0.2) is 0 Å². The maximum absolute atomic E-state index is 9.78. The van der Waals surface area contributed by atoms with Crippen molar-refractivity contribution in [3.05, 3.63) is 37.0 Å². The summed E-state index contributed by atoms with van der Waals surface area (Å²) in [7, 11) is 2.13. The fourth-order valence-corrected chi connectivity index (χ4v) is 3.76. The lowest BCUT2D eigenvalue weighted by Crippen LogP contribution is -2.62. The van der Waals surface area contributed by atoms with Crippen molar-refractivity contribution in [3.8, 4) is 6.07 Å². The SMILES string of the molecule is C=C/C=C(\C=C)CCN1CCN(C2(C#N)CCCN(C)C2)CC1. The van der Waals surface area contributed by atoms with Gasteiger partial charge in [-0.3, -0.25) is 4.90 Å². The molecule has 2 aliphatic rings. The Kier molecular flexibility index (Phi) is 6.59. The predicted molar refractivity (Wildman–Crippen MR) is 96.2 cm³/mol. The summed E-state index contributed by atoms with van der Waals surface area (Å²) in [6.07, 6.45) is 8.93. The second-order valence-corrected chi connectivity index (χ2v) is 6.74. The Hall–Kier alpha value is -1.41. The number of nitriles is 1. The van der Waals surface area contributed by atoms with E-state index in [0.29, 0.717) is 0 Å². The molecule has 2 rings (SSSR count). The Morgan fingerprint density at radius 3 is 2.52 bits per heavy atom. The van der Waals surface area contributed by atoms with Crippen LogP contribution in [0.25, 0.3) is 0 Å². The highest BCUT2D eigenvalue weighted by atomic mass is 15.3. The number of allylic oxidation sites excluding steroid dienone is 3. The summed E-state index contributed by atoms with van der Waals surface area (Å²) in [5.41, 5.74) is 0.971. The van der Waals surface area contributed by atoms with Crippen LogP contribution in [0, 0.1) is 11.3 Å². The summed E-state index contributed by atoms with van der Waals surface area (Å²) in [6, 6.07) is 2.64. The third-order valence-electron chi connectivity index (χ3n) is 5.16. The van der Waals surface area contributed by atoms with E-state index in [1.54, 1.807) is 0 Å². The highest BCUT2D eigenvalue weighted by Gasteiger charge is 2.41. The lowest BCUT2D eigenvalue weighted by atomic mass is 9.88. The second-order valence-electron chi connectivity index (χ2n) is 6.74. The van der Waals surface area contributed by atoms with Gasteiger partial charge in [-0.2, -0.15) is 5.26 Å². The van der Waals surface area contributed by atoms with Crippen molar-refractivity contribution in [1.29, 1.82) is 5.26 Å². The van der Waals surface area contributed by atoms with Crippen molar-refractivity contribution in [1.82, 2.24) is 14.7 Å². The molecule has 1 unspecified atom stereocenters. The van der Waals surface area contributed by atoms with Gasteiger partial charge in [0.25, 0.3) is 0 Å². The molecule has 0 N–H and O–H groups in total. The summed E-state index contributed by atoms with van der Waals surface area (Å²) >= 11 is 0. The zero-order valence-corrected chi connectivity index (χ0v) is 14.5. The summed E-state index contributed by atoms with van der Waals surface area (Å²) < 4.78 is 0. The van der Waals surface area contributed by atoms with E-state index in [0.717, 1.165) is 65.1 Å². The quantitative estimate of drug-likeness (QED) is 0.704. The molecule has 0 saturated carbocycles. The molecule has 0 bridgehead atoms. The van der Waals surface area contributed by atoms with Crippen LogP contribution in [-0.2, 0) is 0 Å². The van der Waals surface area contributed by atoms with E-state index >= 15 is 0 Å². The van der Waals surface area contributed by atoms with Crippen LogP contribution in [0.1, 0.15) is 19.3 Å². The van der Waals surface area contributed by atoms with E-state index in [9.17, 15) is 5.26 Å². The predicted octanol–water partition coefficient (Wildman–Crippen LogP) is 2.28. The molecule has 0 aromatic heterocycles. The van der Waals surface area contributed by atoms with Gasteiger partial charge in [-0.05, 0) is 38.4 Å². The zero-order valence-electron chi connectivity index (χ0n) is 14.5. The van der Waals surface area contributed by atoms with Crippen molar-refractivity contribution in [2.24, 2.45) is 0 Å². The molecule has 1 atom stereocenters. The van der Waals surface area contributed by atoms with E-state index in [-0.39, 0.29) is 5.54 Å². The average Bonchev–Trinajstić information content (AvgIpc) is 2.59. The summed E-state index contributed by atoms with van der Waals surface area (Å²) in [4.78, 5) is 7.22. The van der Waals surface area contributed by atoms with E-state index < -0.39 is 0 Å². The lowest BCUT2D eigenvalue weighted by molar-refractivity contribution is 0.0214. The number of piperidine rings is 1. The number of piperazine rings is 1. The molecule has 0 aromatic rings. The van der Waals surface area contributed by atoms with Crippen molar-refractivity contribution >= 4 is 0 Å². The van der Waals surface area contributed by atoms with Crippen molar-refractivity contribution in [3.63, 3.8) is 0 Å². The monoisotopic (exact) mass is 314 g/mol. The van der Waals surface area contributed by atoms with Crippen LogP contribution in [0.15, 0.2) is 37.0 Å². The van der Waals surface area contributed by atoms with Crippen LogP contribution in [0.5, 0.6) is 0 Å². The first kappa shape index (κ1) is 17.9. The molecule has 126 valence electrons. The molecule has 2 saturated heterocycles. The van der Waals surface area contributed by atoms with Gasteiger partial charge in [0, 0.05) is 39.3 Å². The van der Waals surface area contributed by atoms with Gasteiger partial charge in [-0.15, -0.1) is 0 Å². The molecule has 0 spiro atoms. The first-order chi connectivity index (χ1) is 11.1. The number of likely N-dealkylation sites (tertiary alicyclic amines) is 1. The molecular weight excluding hydrogens is 284 g/mol. The third-order valence-corrected chi connectivity index (χ3v) is 5.16. The van der Waals surface area contributed by atoms with Gasteiger partial charge in [0.1, 0.15) is 5.54 Å². The second kappa shape index (κ2) is 8.44. The number of hydrogen-bond acceptors (Lipinski definition) is 4. The maximum Gasteiger partial charge on any atom is 0.122 e. The minimum atomic E-state index is -0.270. The van der Waals surface area contributed by atoms with Gasteiger partial charge in [0.05, 0.1) is 6.07 Å². The largest absolute Gasteiger partial charge is 0.303 e. The molecule has 0 radical (unpaired) electrons. The first-order valence-corrected chi connectivity index (χ1v) is 8.65. The van der Waals surface area contributed by atoms with Crippen LogP contribution < -0.4 is 0 Å². The molecule has 0 aliphatic carbocycles. The van der Waals surface area contributed by atoms with Crippen LogP contribution in [0.4, 0.5) is 0 Å². The summed E-state index contributed by atoms with van der Waals surface area (Å²) in [5.74, 6) is 0. The lowest BCUT2D eigenvalue weighted by Gasteiger charge is -2.47. The minimum Gasteiger partial charge on any atom is -0.303 e. The smallest absolute Gasteiger partial charge is 0.122 e. The van der Waals surface area contributed by atoms with Crippen molar-refractivity contribution < 1.29 is 0 Å². The van der Waals surface area contributed by atoms with Gasteiger partial charge >= 0.3 is 0 Å². The standard InChI is InChI=1S/C19H30N4/c1-4-7-18(5-2)8-11-22-12-14-23(15-13-22)19(16-20)9-6-10-21(3)17-19/h4-5,7H,1-2,6,8-15,17H2,3H3/b18-7+. The molecule has 4 heteroatoms. The molecular formula is C19H30N4. The minimum absolute atomic E-state index is 0.270. The number of likely N-dealkylation sites (N-methyl/N-ethyl adjacent to an activating group) is 1. The van der Waals surface area contributed by atoms with Gasteiger partial charge in [-0.1, -0.05) is 31.4 Å². The van der Waals surface area contributed by atoms with E-state index in [4.69, 9.17) is 0 Å². The van der Waals surface area contributed by atoms with Crippen LogP contribution in [0.2, 0.25) is 0 Å². The summed E-state index contributed by atoms with van der Waals surface area (Å²) in [5, 5.41) is 9.78. The molecule has 2 aliphatic heterocycles. The van der Waals surface area contributed by atoms with Gasteiger partial charge < -0.3 is 9.80 Å². The fourth-order valence-electron chi connectivity index (χ4n) is 3.76. The molecule has 4 nitrogen and oxygen atoms in total.